The third-order valence-electron chi connectivity index (χ3n) is 0.934. The van der Waals surface area contributed by atoms with Crippen LogP contribution in [-0.2, 0) is 0 Å². The van der Waals surface area contributed by atoms with Gasteiger partial charge in [-0.2, -0.15) is 0 Å². The van der Waals surface area contributed by atoms with Gasteiger partial charge < -0.3 is 5.02 Å². The summed E-state index contributed by atoms with van der Waals surface area (Å²) in [5.74, 6) is 0. The van der Waals surface area contributed by atoms with Crippen LogP contribution < -0.4 is 0 Å². The van der Waals surface area contributed by atoms with Crippen molar-refractivity contribution in [3.8, 4) is 0 Å². The Balaban J connectivity index is 3.72. The lowest BCUT2D eigenvalue weighted by molar-refractivity contribution is 0.612. The van der Waals surface area contributed by atoms with Gasteiger partial charge in [-0.25, -0.2) is 0 Å². The molecule has 0 saturated heterocycles. The summed E-state index contributed by atoms with van der Waals surface area (Å²) >= 11 is 0. The first-order valence-electron chi connectivity index (χ1n) is 2.74. The van der Waals surface area contributed by atoms with Crippen LogP contribution in [-0.4, -0.2) is 12.5 Å². The third kappa shape index (κ3) is 2.64. The summed E-state index contributed by atoms with van der Waals surface area (Å²) in [6.45, 7) is 3.84. The molecule has 1 N–H and O–H groups in total. The average Bonchev–Trinajstić information content (AvgIpc) is 1.83. The van der Waals surface area contributed by atoms with Crippen molar-refractivity contribution in [2.24, 2.45) is 0 Å². The van der Waals surface area contributed by atoms with Crippen molar-refractivity contribution < 1.29 is 5.02 Å². The van der Waals surface area contributed by atoms with Crippen LogP contribution in [0.5, 0.6) is 0 Å². The second-order valence-corrected chi connectivity index (χ2v) is 1.52. The molecule has 0 spiro atoms. The molecule has 0 atom stereocenters. The van der Waals surface area contributed by atoms with E-state index >= 15 is 0 Å². The molecule has 0 unspecified atom stereocenters. The minimum absolute atomic E-state index is 0.140. The molecule has 44 valence electrons. The van der Waals surface area contributed by atoms with Crippen LogP contribution in [0.15, 0.2) is 23.7 Å². The van der Waals surface area contributed by atoms with Crippen LogP contribution in [0, 0.1) is 0 Å². The van der Waals surface area contributed by atoms with Gasteiger partial charge in [0.05, 0.1) is 0 Å². The summed E-state index contributed by atoms with van der Waals surface area (Å²) in [6, 6.07) is 0. The van der Waals surface area contributed by atoms with Crippen molar-refractivity contribution in [3.05, 3.63) is 23.7 Å². The first-order valence-corrected chi connectivity index (χ1v) is 2.74. The topological polar surface area (TPSA) is 20.2 Å². The zero-order chi connectivity index (χ0) is 6.41. The van der Waals surface area contributed by atoms with Crippen molar-refractivity contribution in [3.63, 3.8) is 0 Å². The molecule has 1 nitrogen and oxygen atoms in total. The van der Waals surface area contributed by atoms with Crippen molar-refractivity contribution in [1.82, 2.24) is 0 Å². The molecule has 0 aromatic carbocycles. The van der Waals surface area contributed by atoms with Crippen molar-refractivity contribution in [1.29, 1.82) is 0 Å². The predicted molar refractivity (Wildman–Crippen MR) is 37.9 cm³/mol. The van der Waals surface area contributed by atoms with Gasteiger partial charge in [0, 0.05) is 0 Å². The molecular formula is C6H11BO. The van der Waals surface area contributed by atoms with Gasteiger partial charge in [0.2, 0.25) is 0 Å². The van der Waals surface area contributed by atoms with E-state index in [1.807, 2.05) is 32.1 Å². The lowest BCUT2D eigenvalue weighted by Gasteiger charge is -1.87. The van der Waals surface area contributed by atoms with Gasteiger partial charge in [0.15, 0.2) is 0 Å². The average molecular weight is 110 g/mol. The maximum atomic E-state index is 8.54. The highest BCUT2D eigenvalue weighted by Gasteiger charge is 1.85. The predicted octanol–water partition coefficient (Wildman–Crippen LogP) is 0.810. The van der Waals surface area contributed by atoms with Crippen molar-refractivity contribution >= 4 is 7.48 Å². The molecule has 0 rings (SSSR count). The van der Waals surface area contributed by atoms with E-state index in [4.69, 9.17) is 5.02 Å². The van der Waals surface area contributed by atoms with Gasteiger partial charge in [-0.05, 0) is 13.8 Å². The molecule has 0 heterocycles. The molecule has 0 bridgehead atoms. The number of hydrogen-bond donors (Lipinski definition) is 1. The van der Waals surface area contributed by atoms with Crippen molar-refractivity contribution in [2.75, 3.05) is 0 Å². The van der Waals surface area contributed by atoms with Crippen LogP contribution in [0.4, 0.5) is 0 Å². The normalized spacial score (nSPS) is 12.6. The van der Waals surface area contributed by atoms with Gasteiger partial charge in [-0.15, -0.1) is 0 Å². The number of rotatable bonds is 2. The lowest BCUT2D eigenvalue weighted by atomic mass is 9.88. The molecule has 0 saturated carbocycles. The highest BCUT2D eigenvalue weighted by atomic mass is 16.2. The Bertz CT molecular complexity index is 102. The van der Waals surface area contributed by atoms with Gasteiger partial charge in [-0.1, -0.05) is 23.7 Å². The second kappa shape index (κ2) is 4.66. The van der Waals surface area contributed by atoms with Crippen LogP contribution in [0.1, 0.15) is 13.8 Å². The molecule has 0 fully saturated rings. The largest absolute Gasteiger partial charge is 0.449 e. The summed E-state index contributed by atoms with van der Waals surface area (Å²) in [4.78, 5) is 0. The lowest BCUT2D eigenvalue weighted by Crippen LogP contribution is -1.89. The maximum absolute atomic E-state index is 8.54. The SMILES string of the molecule is C/C=C\C(BO)=C/C. The van der Waals surface area contributed by atoms with Gasteiger partial charge in [0.1, 0.15) is 0 Å². The molecule has 0 aromatic heterocycles. The zero-order valence-electron chi connectivity index (χ0n) is 5.39. The fourth-order valence-electron chi connectivity index (χ4n) is 0.454. The quantitative estimate of drug-likeness (QED) is 0.412. The summed E-state index contributed by atoms with van der Waals surface area (Å²) in [5, 5.41) is 8.54. The Labute approximate surface area is 51.0 Å². The molecule has 0 radical (unpaired) electrons. The van der Waals surface area contributed by atoms with Crippen LogP contribution in [0.3, 0.4) is 0 Å². The molecule has 0 aliphatic heterocycles. The zero-order valence-corrected chi connectivity index (χ0v) is 5.39. The minimum Gasteiger partial charge on any atom is -0.449 e. The Kier molecular flexibility index (Phi) is 4.37. The highest BCUT2D eigenvalue weighted by molar-refractivity contribution is 6.37. The van der Waals surface area contributed by atoms with E-state index in [1.54, 1.807) is 0 Å². The molecule has 0 aromatic rings. The third-order valence-corrected chi connectivity index (χ3v) is 0.934. The molecule has 2 heteroatoms. The molecule has 0 aliphatic carbocycles. The van der Waals surface area contributed by atoms with E-state index < -0.39 is 0 Å². The Morgan fingerprint density at radius 3 is 2.25 bits per heavy atom. The van der Waals surface area contributed by atoms with Crippen LogP contribution in [0.2, 0.25) is 0 Å². The minimum atomic E-state index is 0.140. The maximum Gasteiger partial charge on any atom is 0.304 e. The monoisotopic (exact) mass is 110 g/mol. The van der Waals surface area contributed by atoms with Gasteiger partial charge in [0.25, 0.3) is 0 Å². The fraction of sp³-hybridized carbons (Fsp3) is 0.333. The Morgan fingerprint density at radius 1 is 1.50 bits per heavy atom. The highest BCUT2D eigenvalue weighted by Crippen LogP contribution is 1.90. The van der Waals surface area contributed by atoms with E-state index in [-0.39, 0.29) is 7.48 Å². The van der Waals surface area contributed by atoms with E-state index in [9.17, 15) is 0 Å². The molecule has 8 heavy (non-hydrogen) atoms. The summed E-state index contributed by atoms with van der Waals surface area (Å²) in [6.07, 6.45) is 5.69. The Hall–Kier alpha value is -0.495. The molecular weight excluding hydrogens is 98.9 g/mol. The van der Waals surface area contributed by atoms with E-state index in [0.717, 1.165) is 5.47 Å². The summed E-state index contributed by atoms with van der Waals surface area (Å²) in [5.41, 5.74) is 0.965. The smallest absolute Gasteiger partial charge is 0.304 e. The molecule has 0 amide bonds. The first-order chi connectivity index (χ1) is 3.85. The fourth-order valence-corrected chi connectivity index (χ4v) is 0.454. The summed E-state index contributed by atoms with van der Waals surface area (Å²) in [7, 11) is 0.140. The van der Waals surface area contributed by atoms with Crippen molar-refractivity contribution in [2.45, 2.75) is 13.8 Å². The van der Waals surface area contributed by atoms with Gasteiger partial charge in [-0.3, -0.25) is 0 Å². The first kappa shape index (κ1) is 7.50. The molecule has 0 aliphatic rings. The standard InChI is InChI=1S/C6H11BO/c1-3-5-6(4-2)7-8/h3-5,7-8H,1-2H3/b5-3-,6-4+. The van der Waals surface area contributed by atoms with E-state index in [0.29, 0.717) is 0 Å². The Morgan fingerprint density at radius 2 is 2.12 bits per heavy atom. The van der Waals surface area contributed by atoms with E-state index in [1.165, 1.54) is 0 Å². The summed E-state index contributed by atoms with van der Waals surface area (Å²) < 4.78 is 0. The number of hydrogen-bond acceptors (Lipinski definition) is 1. The van der Waals surface area contributed by atoms with E-state index in [2.05, 4.69) is 0 Å². The number of allylic oxidation sites excluding steroid dienone is 4. The van der Waals surface area contributed by atoms with Crippen LogP contribution >= 0.6 is 0 Å². The van der Waals surface area contributed by atoms with Gasteiger partial charge >= 0.3 is 7.48 Å². The van der Waals surface area contributed by atoms with Crippen LogP contribution in [0.25, 0.3) is 0 Å². The second-order valence-electron chi connectivity index (χ2n) is 1.52.